The van der Waals surface area contributed by atoms with Gasteiger partial charge in [-0.3, -0.25) is 9.78 Å². The number of nitrogens with one attached hydrogen (secondary N) is 1. The van der Waals surface area contributed by atoms with Gasteiger partial charge in [-0.1, -0.05) is 17.7 Å². The largest absolute Gasteiger partial charge is 0.467 e. The van der Waals surface area contributed by atoms with Crippen LogP contribution >= 0.6 is 11.6 Å². The standard InChI is InChI=1S/C19H14ClN5O2/c20-15-6-1-4-13(10-15)18(26)25-19(22-12-16-7-3-9-27-16)23-17(24-25)14-5-2-8-21-11-14/h1-11H,12H2,(H,22,23,24). The van der Waals surface area contributed by atoms with Crippen LogP contribution < -0.4 is 5.32 Å². The van der Waals surface area contributed by atoms with Gasteiger partial charge in [0.15, 0.2) is 5.82 Å². The zero-order valence-electron chi connectivity index (χ0n) is 14.0. The highest BCUT2D eigenvalue weighted by Crippen LogP contribution is 2.20. The Morgan fingerprint density at radius 1 is 1.19 bits per heavy atom. The van der Waals surface area contributed by atoms with Gasteiger partial charge in [0.05, 0.1) is 12.8 Å². The minimum atomic E-state index is -0.345. The lowest BCUT2D eigenvalue weighted by Crippen LogP contribution is -2.17. The summed E-state index contributed by atoms with van der Waals surface area (Å²) in [6.07, 6.45) is 4.88. The summed E-state index contributed by atoms with van der Waals surface area (Å²) in [7, 11) is 0. The highest BCUT2D eigenvalue weighted by Gasteiger charge is 2.19. The molecule has 0 saturated carbocycles. The number of hydrogen-bond donors (Lipinski definition) is 1. The number of carbonyl (C=O) groups excluding carboxylic acids is 1. The van der Waals surface area contributed by atoms with Gasteiger partial charge in [0.25, 0.3) is 5.91 Å². The predicted molar refractivity (Wildman–Crippen MR) is 100 cm³/mol. The molecule has 0 radical (unpaired) electrons. The van der Waals surface area contributed by atoms with E-state index in [1.54, 1.807) is 55.1 Å². The lowest BCUT2D eigenvalue weighted by molar-refractivity contribution is 0.0947. The molecule has 3 heterocycles. The SMILES string of the molecule is O=C(c1cccc(Cl)c1)n1nc(-c2cccnc2)nc1NCc1ccco1. The number of carbonyl (C=O) groups is 1. The summed E-state index contributed by atoms with van der Waals surface area (Å²) in [5, 5.41) is 7.93. The van der Waals surface area contributed by atoms with E-state index in [1.165, 1.54) is 4.68 Å². The molecule has 0 amide bonds. The lowest BCUT2D eigenvalue weighted by Gasteiger charge is -2.06. The molecule has 1 aromatic carbocycles. The van der Waals surface area contributed by atoms with Crippen LogP contribution in [0.3, 0.4) is 0 Å². The second-order valence-electron chi connectivity index (χ2n) is 5.66. The van der Waals surface area contributed by atoms with E-state index in [0.29, 0.717) is 40.2 Å². The number of benzene rings is 1. The molecule has 0 aliphatic rings. The van der Waals surface area contributed by atoms with Crippen LogP contribution in [0.1, 0.15) is 16.1 Å². The summed E-state index contributed by atoms with van der Waals surface area (Å²) in [4.78, 5) is 21.5. The molecule has 27 heavy (non-hydrogen) atoms. The van der Waals surface area contributed by atoms with Crippen LogP contribution in [-0.4, -0.2) is 25.7 Å². The fraction of sp³-hybridized carbons (Fsp3) is 0.0526. The van der Waals surface area contributed by atoms with Crippen LogP contribution in [0, 0.1) is 0 Å². The highest BCUT2D eigenvalue weighted by atomic mass is 35.5. The molecule has 4 rings (SSSR count). The second-order valence-corrected chi connectivity index (χ2v) is 6.10. The number of hydrogen-bond acceptors (Lipinski definition) is 6. The first-order chi connectivity index (χ1) is 13.2. The average Bonchev–Trinajstić information content (AvgIpc) is 3.36. The minimum absolute atomic E-state index is 0.301. The Morgan fingerprint density at radius 3 is 2.85 bits per heavy atom. The fourth-order valence-electron chi connectivity index (χ4n) is 2.51. The summed E-state index contributed by atoms with van der Waals surface area (Å²) in [5.74, 6) is 1.06. The molecule has 0 bridgehead atoms. The summed E-state index contributed by atoms with van der Waals surface area (Å²) >= 11 is 6.01. The third kappa shape index (κ3) is 3.73. The lowest BCUT2D eigenvalue weighted by atomic mass is 10.2. The molecular weight excluding hydrogens is 366 g/mol. The van der Waals surface area contributed by atoms with Crippen molar-refractivity contribution in [3.8, 4) is 11.4 Å². The quantitative estimate of drug-likeness (QED) is 0.566. The Bertz CT molecular complexity index is 1060. The topological polar surface area (TPSA) is 85.8 Å². The van der Waals surface area contributed by atoms with Crippen molar-refractivity contribution in [2.45, 2.75) is 6.54 Å². The number of halogens is 1. The van der Waals surface area contributed by atoms with Gasteiger partial charge in [-0.2, -0.15) is 9.67 Å². The Morgan fingerprint density at radius 2 is 2.11 bits per heavy atom. The zero-order chi connectivity index (χ0) is 18.6. The van der Waals surface area contributed by atoms with E-state index in [9.17, 15) is 4.79 Å². The number of nitrogens with zero attached hydrogens (tertiary/aromatic N) is 4. The first-order valence-electron chi connectivity index (χ1n) is 8.15. The van der Waals surface area contributed by atoms with Crippen molar-refractivity contribution in [1.82, 2.24) is 19.7 Å². The van der Waals surface area contributed by atoms with E-state index in [2.05, 4.69) is 20.4 Å². The Labute approximate surface area is 159 Å². The molecule has 3 aromatic heterocycles. The summed E-state index contributed by atoms with van der Waals surface area (Å²) in [6, 6.07) is 13.9. The minimum Gasteiger partial charge on any atom is -0.467 e. The van der Waals surface area contributed by atoms with Gasteiger partial charge >= 0.3 is 0 Å². The van der Waals surface area contributed by atoms with E-state index >= 15 is 0 Å². The summed E-state index contributed by atoms with van der Waals surface area (Å²) in [6.45, 7) is 0.362. The van der Waals surface area contributed by atoms with Gasteiger partial charge in [-0.25, -0.2) is 0 Å². The molecular formula is C19H14ClN5O2. The Kier molecular flexibility index (Phi) is 4.67. The van der Waals surface area contributed by atoms with Crippen molar-refractivity contribution in [2.24, 2.45) is 0 Å². The van der Waals surface area contributed by atoms with E-state index in [4.69, 9.17) is 16.0 Å². The van der Waals surface area contributed by atoms with E-state index < -0.39 is 0 Å². The Hall–Kier alpha value is -3.45. The van der Waals surface area contributed by atoms with Gasteiger partial charge < -0.3 is 9.73 Å². The molecule has 0 unspecified atom stereocenters. The van der Waals surface area contributed by atoms with Crippen LogP contribution in [0.2, 0.25) is 5.02 Å². The van der Waals surface area contributed by atoms with Gasteiger partial charge in [0.2, 0.25) is 5.95 Å². The van der Waals surface area contributed by atoms with Crippen molar-refractivity contribution in [2.75, 3.05) is 5.32 Å². The smallest absolute Gasteiger partial charge is 0.281 e. The summed E-state index contributed by atoms with van der Waals surface area (Å²) in [5.41, 5.74) is 1.11. The van der Waals surface area contributed by atoms with Crippen LogP contribution in [0.25, 0.3) is 11.4 Å². The molecule has 0 saturated heterocycles. The van der Waals surface area contributed by atoms with Crippen LogP contribution in [0.15, 0.2) is 71.6 Å². The molecule has 0 atom stereocenters. The second kappa shape index (κ2) is 7.43. The van der Waals surface area contributed by atoms with Crippen LogP contribution in [0.4, 0.5) is 5.95 Å². The fourth-order valence-corrected chi connectivity index (χ4v) is 2.70. The monoisotopic (exact) mass is 379 g/mol. The maximum Gasteiger partial charge on any atom is 0.281 e. The normalized spacial score (nSPS) is 10.7. The average molecular weight is 380 g/mol. The van der Waals surface area contributed by atoms with Gasteiger partial charge in [0, 0.05) is 28.5 Å². The van der Waals surface area contributed by atoms with Gasteiger partial charge in [-0.05, 0) is 42.5 Å². The van der Waals surface area contributed by atoms with Gasteiger partial charge in [-0.15, -0.1) is 5.10 Å². The number of furan rings is 1. The van der Waals surface area contributed by atoms with Crippen LogP contribution in [-0.2, 0) is 6.54 Å². The molecule has 1 N–H and O–H groups in total. The summed E-state index contributed by atoms with van der Waals surface area (Å²) < 4.78 is 6.53. The predicted octanol–water partition coefficient (Wildman–Crippen LogP) is 3.89. The number of anilines is 1. The van der Waals surface area contributed by atoms with E-state index in [1.807, 2.05) is 12.1 Å². The van der Waals surface area contributed by atoms with Crippen molar-refractivity contribution < 1.29 is 9.21 Å². The maximum atomic E-state index is 12.9. The van der Waals surface area contributed by atoms with Crippen molar-refractivity contribution in [1.29, 1.82) is 0 Å². The first-order valence-corrected chi connectivity index (χ1v) is 8.52. The molecule has 8 heteroatoms. The zero-order valence-corrected chi connectivity index (χ0v) is 14.8. The third-order valence-electron chi connectivity index (χ3n) is 3.79. The highest BCUT2D eigenvalue weighted by molar-refractivity contribution is 6.31. The van der Waals surface area contributed by atoms with Crippen molar-refractivity contribution in [3.05, 3.63) is 83.5 Å². The van der Waals surface area contributed by atoms with E-state index in [-0.39, 0.29) is 5.91 Å². The third-order valence-corrected chi connectivity index (χ3v) is 4.03. The van der Waals surface area contributed by atoms with Crippen molar-refractivity contribution >= 4 is 23.5 Å². The molecule has 0 fully saturated rings. The number of rotatable bonds is 5. The molecule has 4 aromatic rings. The number of aromatic nitrogens is 4. The molecule has 0 aliphatic carbocycles. The molecule has 134 valence electrons. The maximum absolute atomic E-state index is 12.9. The first kappa shape index (κ1) is 17.0. The van der Waals surface area contributed by atoms with Crippen LogP contribution in [0.5, 0.6) is 0 Å². The van der Waals surface area contributed by atoms with Crippen molar-refractivity contribution in [3.63, 3.8) is 0 Å². The molecule has 7 nitrogen and oxygen atoms in total. The number of pyridine rings is 1. The molecule has 0 aliphatic heterocycles. The van der Waals surface area contributed by atoms with E-state index in [0.717, 1.165) is 0 Å². The molecule has 0 spiro atoms. The van der Waals surface area contributed by atoms with Gasteiger partial charge in [0.1, 0.15) is 5.76 Å². The Balaban J connectivity index is 1.71.